The third-order valence-electron chi connectivity index (χ3n) is 3.23. The van der Waals surface area contributed by atoms with E-state index in [9.17, 15) is 13.6 Å². The van der Waals surface area contributed by atoms with Crippen LogP contribution in [0.4, 0.5) is 8.78 Å². The highest BCUT2D eigenvalue weighted by atomic mass is 28.3. The van der Waals surface area contributed by atoms with Crippen molar-refractivity contribution in [2.75, 3.05) is 6.61 Å². The van der Waals surface area contributed by atoms with Gasteiger partial charge in [0.05, 0.1) is 6.61 Å². The van der Waals surface area contributed by atoms with E-state index in [1.54, 1.807) is 27.7 Å². The molecule has 0 unspecified atom stereocenters. The normalized spacial score (nSPS) is 12.7. The van der Waals surface area contributed by atoms with Crippen molar-refractivity contribution in [1.29, 1.82) is 0 Å². The largest absolute Gasteiger partial charge is 0.462 e. The first-order valence-electron chi connectivity index (χ1n) is 5.46. The molecule has 0 radical (unpaired) electrons. The first-order chi connectivity index (χ1) is 6.91. The Labute approximate surface area is 91.0 Å². The lowest BCUT2D eigenvalue weighted by Crippen LogP contribution is -2.57. The van der Waals surface area contributed by atoms with Crippen LogP contribution in [0.25, 0.3) is 0 Å². The summed E-state index contributed by atoms with van der Waals surface area (Å²) in [7, 11) is -2.85. The quantitative estimate of drug-likeness (QED) is 0.524. The molecule has 0 aromatic carbocycles. The van der Waals surface area contributed by atoms with E-state index in [2.05, 4.69) is 4.74 Å². The van der Waals surface area contributed by atoms with Gasteiger partial charge in [0, 0.05) is 0 Å². The van der Waals surface area contributed by atoms with E-state index in [0.29, 0.717) is 18.1 Å². The number of ether oxygens (including phenoxy) is 1. The van der Waals surface area contributed by atoms with Crippen LogP contribution in [-0.4, -0.2) is 26.2 Å². The SMILES string of the molecule is CCOC(=O)C(F)(F)[Si](CC)(CC)CC. The van der Waals surface area contributed by atoms with Crippen molar-refractivity contribution >= 4 is 14.0 Å². The molecule has 0 amide bonds. The Morgan fingerprint density at radius 1 is 1.13 bits per heavy atom. The summed E-state index contributed by atoms with van der Waals surface area (Å²) in [5.74, 6) is -1.33. The van der Waals surface area contributed by atoms with E-state index in [1.165, 1.54) is 0 Å². The fraction of sp³-hybridized carbons (Fsp3) is 0.900. The van der Waals surface area contributed by atoms with Gasteiger partial charge in [-0.15, -0.1) is 0 Å². The molecule has 0 rings (SSSR count). The fourth-order valence-corrected chi connectivity index (χ4v) is 5.19. The Hall–Kier alpha value is -0.453. The Kier molecular flexibility index (Phi) is 5.41. The lowest BCUT2D eigenvalue weighted by molar-refractivity contribution is -0.161. The van der Waals surface area contributed by atoms with E-state index in [0.717, 1.165) is 0 Å². The summed E-state index contributed by atoms with van der Waals surface area (Å²) < 4.78 is 32.3. The summed E-state index contributed by atoms with van der Waals surface area (Å²) in [5, 5.41) is 0. The van der Waals surface area contributed by atoms with Gasteiger partial charge < -0.3 is 4.74 Å². The zero-order valence-corrected chi connectivity index (χ0v) is 10.9. The van der Waals surface area contributed by atoms with Crippen LogP contribution in [0.5, 0.6) is 0 Å². The lowest BCUT2D eigenvalue weighted by Gasteiger charge is -2.34. The predicted molar refractivity (Wildman–Crippen MR) is 58.8 cm³/mol. The maximum Gasteiger partial charge on any atom is 0.372 e. The highest BCUT2D eigenvalue weighted by Crippen LogP contribution is 2.37. The van der Waals surface area contributed by atoms with E-state index >= 15 is 0 Å². The minimum atomic E-state index is -3.25. The van der Waals surface area contributed by atoms with Crippen LogP contribution in [-0.2, 0) is 9.53 Å². The molecule has 0 saturated carbocycles. The summed E-state index contributed by atoms with van der Waals surface area (Å²) in [4.78, 5) is 11.3. The Bertz CT molecular complexity index is 207. The first kappa shape index (κ1) is 14.5. The van der Waals surface area contributed by atoms with Gasteiger partial charge in [-0.3, -0.25) is 0 Å². The maximum absolute atomic E-state index is 13.9. The van der Waals surface area contributed by atoms with Crippen molar-refractivity contribution in [2.24, 2.45) is 0 Å². The zero-order chi connectivity index (χ0) is 12.1. The molecule has 0 heterocycles. The number of alkyl halides is 2. The van der Waals surface area contributed by atoms with Gasteiger partial charge in [-0.2, -0.15) is 8.78 Å². The van der Waals surface area contributed by atoms with Crippen molar-refractivity contribution in [3.8, 4) is 0 Å². The molecule has 15 heavy (non-hydrogen) atoms. The second kappa shape index (κ2) is 5.58. The van der Waals surface area contributed by atoms with E-state index in [1.807, 2.05) is 0 Å². The van der Waals surface area contributed by atoms with Crippen LogP contribution >= 0.6 is 0 Å². The number of hydrogen-bond acceptors (Lipinski definition) is 2. The van der Waals surface area contributed by atoms with Gasteiger partial charge in [-0.25, -0.2) is 4.79 Å². The minimum Gasteiger partial charge on any atom is -0.462 e. The summed E-state index contributed by atoms with van der Waals surface area (Å²) in [6, 6.07) is 1.23. The molecule has 0 aliphatic heterocycles. The number of carbonyl (C=O) groups excluding carboxylic acids is 1. The van der Waals surface area contributed by atoms with Crippen molar-refractivity contribution in [2.45, 2.75) is 51.4 Å². The molecule has 2 nitrogen and oxygen atoms in total. The van der Waals surface area contributed by atoms with Crippen LogP contribution in [0.1, 0.15) is 27.7 Å². The van der Waals surface area contributed by atoms with Gasteiger partial charge in [0.25, 0.3) is 0 Å². The van der Waals surface area contributed by atoms with Crippen LogP contribution < -0.4 is 0 Å². The average Bonchev–Trinajstić information content (AvgIpc) is 2.21. The van der Waals surface area contributed by atoms with Gasteiger partial charge in [0.1, 0.15) is 0 Å². The third kappa shape index (κ3) is 2.56. The van der Waals surface area contributed by atoms with Crippen molar-refractivity contribution in [1.82, 2.24) is 0 Å². The molecule has 0 saturated heterocycles. The number of hydrogen-bond donors (Lipinski definition) is 0. The van der Waals surface area contributed by atoms with Gasteiger partial charge in [-0.1, -0.05) is 38.9 Å². The molecule has 0 fully saturated rings. The molecule has 0 atom stereocenters. The molecule has 0 aromatic rings. The maximum atomic E-state index is 13.9. The highest BCUT2D eigenvalue weighted by Gasteiger charge is 2.58. The Balaban J connectivity index is 5.01. The molecule has 90 valence electrons. The third-order valence-corrected chi connectivity index (χ3v) is 8.83. The van der Waals surface area contributed by atoms with Crippen molar-refractivity contribution in [3.63, 3.8) is 0 Å². The number of halogens is 2. The fourth-order valence-electron chi connectivity index (χ4n) is 1.85. The number of rotatable bonds is 6. The minimum absolute atomic E-state index is 0.00997. The summed E-state index contributed by atoms with van der Waals surface area (Å²) in [6.07, 6.45) is 0. The van der Waals surface area contributed by atoms with Gasteiger partial charge >= 0.3 is 11.5 Å². The van der Waals surface area contributed by atoms with Crippen molar-refractivity contribution < 1.29 is 18.3 Å². The molecule has 0 spiro atoms. The molecule has 0 aromatic heterocycles. The van der Waals surface area contributed by atoms with Crippen LogP contribution in [0, 0.1) is 0 Å². The smallest absolute Gasteiger partial charge is 0.372 e. The topological polar surface area (TPSA) is 26.3 Å². The zero-order valence-electron chi connectivity index (χ0n) is 9.90. The van der Waals surface area contributed by atoms with Crippen LogP contribution in [0.3, 0.4) is 0 Å². The van der Waals surface area contributed by atoms with E-state index < -0.39 is 19.6 Å². The lowest BCUT2D eigenvalue weighted by atomic mass is 10.7. The Morgan fingerprint density at radius 3 is 1.80 bits per heavy atom. The summed E-state index contributed by atoms with van der Waals surface area (Å²) in [5.41, 5.74) is -3.25. The van der Waals surface area contributed by atoms with Crippen LogP contribution in [0.15, 0.2) is 0 Å². The molecule has 0 N–H and O–H groups in total. The monoisotopic (exact) mass is 238 g/mol. The molecular weight excluding hydrogens is 218 g/mol. The molecular formula is C10H20F2O2Si. The second-order valence-corrected chi connectivity index (χ2v) is 8.95. The molecule has 0 aliphatic carbocycles. The Morgan fingerprint density at radius 2 is 1.53 bits per heavy atom. The number of esters is 1. The first-order valence-corrected chi connectivity index (χ1v) is 8.09. The highest BCUT2D eigenvalue weighted by molar-refractivity contribution is 6.84. The van der Waals surface area contributed by atoms with Crippen molar-refractivity contribution in [3.05, 3.63) is 0 Å². The van der Waals surface area contributed by atoms with E-state index in [-0.39, 0.29) is 6.61 Å². The molecule has 0 aliphatic rings. The van der Waals surface area contributed by atoms with Gasteiger partial charge in [0.15, 0.2) is 8.07 Å². The molecule has 5 heteroatoms. The average molecular weight is 238 g/mol. The van der Waals surface area contributed by atoms with E-state index in [4.69, 9.17) is 0 Å². The standard InChI is InChI=1S/C10H20F2O2Si/c1-5-14-9(13)10(11,12)15(6-2,7-3)8-4/h5-8H2,1-4H3. The second-order valence-electron chi connectivity index (χ2n) is 3.64. The summed E-state index contributed by atoms with van der Waals surface area (Å²) in [6.45, 7) is 6.78. The predicted octanol–water partition coefficient (Wildman–Crippen LogP) is 3.23. The molecule has 0 bridgehead atoms. The number of carbonyl (C=O) groups is 1. The van der Waals surface area contributed by atoms with Crippen LogP contribution in [0.2, 0.25) is 18.1 Å². The van der Waals surface area contributed by atoms with Gasteiger partial charge in [0.2, 0.25) is 0 Å². The summed E-state index contributed by atoms with van der Waals surface area (Å²) >= 11 is 0. The van der Waals surface area contributed by atoms with Gasteiger partial charge in [-0.05, 0) is 6.92 Å².